The zero-order chi connectivity index (χ0) is 18.4. The molecule has 0 saturated carbocycles. The van der Waals surface area contributed by atoms with Crippen molar-refractivity contribution in [2.24, 2.45) is 0 Å². The Hall–Kier alpha value is -1.59. The van der Waals surface area contributed by atoms with Crippen LogP contribution in [0.15, 0.2) is 18.2 Å². The Labute approximate surface area is 151 Å². The second-order valence-electron chi connectivity index (χ2n) is 7.36. The normalized spacial score (nSPS) is 18.0. The van der Waals surface area contributed by atoms with Crippen molar-refractivity contribution in [3.63, 3.8) is 0 Å². The van der Waals surface area contributed by atoms with Gasteiger partial charge >= 0.3 is 6.03 Å². The van der Waals surface area contributed by atoms with Gasteiger partial charge in [0.15, 0.2) is 0 Å². The summed E-state index contributed by atoms with van der Waals surface area (Å²) < 4.78 is 5.61. The quantitative estimate of drug-likeness (QED) is 0.818. The SMILES string of the molecule is CC(C)c1cccc(C(C)C)c1NC(=O)N1CCCC(OCCO)C1. The van der Waals surface area contributed by atoms with Crippen LogP contribution >= 0.6 is 0 Å². The van der Waals surface area contributed by atoms with Crippen LogP contribution < -0.4 is 5.32 Å². The van der Waals surface area contributed by atoms with Gasteiger partial charge in [0.2, 0.25) is 0 Å². The van der Waals surface area contributed by atoms with Crippen molar-refractivity contribution in [3.8, 4) is 0 Å². The maximum atomic E-state index is 12.8. The van der Waals surface area contributed by atoms with Crippen LogP contribution in [0.25, 0.3) is 0 Å². The Bertz CT molecular complexity index is 546. The number of rotatable bonds is 6. The number of para-hydroxylation sites is 1. The minimum atomic E-state index is -0.0627. The van der Waals surface area contributed by atoms with E-state index in [4.69, 9.17) is 9.84 Å². The molecule has 1 atom stereocenters. The molecule has 2 amide bonds. The van der Waals surface area contributed by atoms with Crippen LogP contribution in [0, 0.1) is 0 Å². The predicted molar refractivity (Wildman–Crippen MR) is 101 cm³/mol. The number of ether oxygens (including phenoxy) is 1. The number of amides is 2. The number of nitrogens with one attached hydrogen (secondary N) is 1. The Kier molecular flexibility index (Phi) is 7.26. The highest BCUT2D eigenvalue weighted by Gasteiger charge is 2.25. The Morgan fingerprint density at radius 2 is 1.92 bits per heavy atom. The van der Waals surface area contributed by atoms with E-state index < -0.39 is 0 Å². The Morgan fingerprint density at radius 3 is 2.48 bits per heavy atom. The van der Waals surface area contributed by atoms with Gasteiger partial charge in [-0.25, -0.2) is 4.79 Å². The molecule has 1 aromatic rings. The number of piperidine rings is 1. The molecular weight excluding hydrogens is 316 g/mol. The number of nitrogens with zero attached hydrogens (tertiary/aromatic N) is 1. The lowest BCUT2D eigenvalue weighted by Gasteiger charge is -2.33. The first-order chi connectivity index (χ1) is 11.9. The fourth-order valence-corrected chi connectivity index (χ4v) is 3.36. The van der Waals surface area contributed by atoms with Gasteiger partial charge in [0.25, 0.3) is 0 Å². The zero-order valence-electron chi connectivity index (χ0n) is 15.9. The van der Waals surface area contributed by atoms with Crippen molar-refractivity contribution in [2.45, 2.75) is 58.5 Å². The summed E-state index contributed by atoms with van der Waals surface area (Å²) in [5.74, 6) is 0.687. The number of anilines is 1. The molecule has 5 heteroatoms. The summed E-state index contributed by atoms with van der Waals surface area (Å²) in [4.78, 5) is 14.7. The third-order valence-electron chi connectivity index (χ3n) is 4.72. The van der Waals surface area contributed by atoms with Crippen LogP contribution in [0.5, 0.6) is 0 Å². The van der Waals surface area contributed by atoms with Crippen LogP contribution in [0.2, 0.25) is 0 Å². The summed E-state index contributed by atoms with van der Waals surface area (Å²) in [6.07, 6.45) is 1.87. The van der Waals surface area contributed by atoms with Gasteiger partial charge < -0.3 is 20.1 Å². The first-order valence-electron chi connectivity index (χ1n) is 9.35. The molecule has 1 aliphatic heterocycles. The number of aliphatic hydroxyl groups excluding tert-OH is 1. The number of carbonyl (C=O) groups excluding carboxylic acids is 1. The van der Waals surface area contributed by atoms with E-state index in [9.17, 15) is 4.79 Å². The molecule has 1 aromatic carbocycles. The second kappa shape index (κ2) is 9.20. The monoisotopic (exact) mass is 348 g/mol. The smallest absolute Gasteiger partial charge is 0.321 e. The molecule has 0 radical (unpaired) electrons. The van der Waals surface area contributed by atoms with E-state index >= 15 is 0 Å². The van der Waals surface area contributed by atoms with Crippen LogP contribution in [-0.4, -0.2) is 48.4 Å². The van der Waals surface area contributed by atoms with E-state index in [2.05, 4.69) is 51.2 Å². The number of carbonyl (C=O) groups is 1. The third kappa shape index (κ3) is 5.19. The third-order valence-corrected chi connectivity index (χ3v) is 4.72. The van der Waals surface area contributed by atoms with Crippen molar-refractivity contribution >= 4 is 11.7 Å². The summed E-state index contributed by atoms with van der Waals surface area (Å²) in [6.45, 7) is 10.3. The van der Waals surface area contributed by atoms with Gasteiger partial charge in [0.05, 0.1) is 19.3 Å². The molecular formula is C20H32N2O3. The summed E-state index contributed by atoms with van der Waals surface area (Å²) in [6, 6.07) is 6.19. The van der Waals surface area contributed by atoms with Crippen molar-refractivity contribution in [3.05, 3.63) is 29.3 Å². The molecule has 25 heavy (non-hydrogen) atoms. The van der Waals surface area contributed by atoms with Crippen LogP contribution in [0.4, 0.5) is 10.5 Å². The molecule has 1 unspecified atom stereocenters. The number of benzene rings is 1. The Morgan fingerprint density at radius 1 is 1.28 bits per heavy atom. The fourth-order valence-electron chi connectivity index (χ4n) is 3.36. The average Bonchev–Trinajstić information content (AvgIpc) is 2.59. The molecule has 5 nitrogen and oxygen atoms in total. The van der Waals surface area contributed by atoms with Gasteiger partial charge in [-0.2, -0.15) is 0 Å². The lowest BCUT2D eigenvalue weighted by molar-refractivity contribution is -0.00462. The number of hydrogen-bond donors (Lipinski definition) is 2. The summed E-state index contributed by atoms with van der Waals surface area (Å²) >= 11 is 0. The van der Waals surface area contributed by atoms with Crippen molar-refractivity contribution in [1.82, 2.24) is 4.90 Å². The predicted octanol–water partition coefficient (Wildman–Crippen LogP) is 3.94. The average molecular weight is 348 g/mol. The minimum absolute atomic E-state index is 0.0107. The number of hydrogen-bond acceptors (Lipinski definition) is 3. The molecule has 1 fully saturated rings. The van der Waals surface area contributed by atoms with Gasteiger partial charge in [-0.1, -0.05) is 45.9 Å². The summed E-state index contributed by atoms with van der Waals surface area (Å²) in [5, 5.41) is 12.1. The lowest BCUT2D eigenvalue weighted by Crippen LogP contribution is -2.45. The van der Waals surface area contributed by atoms with Gasteiger partial charge in [0, 0.05) is 18.8 Å². The molecule has 1 aliphatic rings. The largest absolute Gasteiger partial charge is 0.394 e. The molecule has 1 saturated heterocycles. The van der Waals surface area contributed by atoms with Crippen molar-refractivity contribution < 1.29 is 14.6 Å². The maximum Gasteiger partial charge on any atom is 0.321 e. The Balaban J connectivity index is 2.14. The minimum Gasteiger partial charge on any atom is -0.394 e. The van der Waals surface area contributed by atoms with Gasteiger partial charge in [-0.3, -0.25) is 0 Å². The van der Waals surface area contributed by atoms with Crippen molar-refractivity contribution in [1.29, 1.82) is 0 Å². The summed E-state index contributed by atoms with van der Waals surface area (Å²) in [7, 11) is 0. The molecule has 140 valence electrons. The molecule has 1 heterocycles. The molecule has 0 spiro atoms. The number of likely N-dealkylation sites (tertiary alicyclic amines) is 1. The van der Waals surface area contributed by atoms with Crippen LogP contribution in [-0.2, 0) is 4.74 Å². The second-order valence-corrected chi connectivity index (χ2v) is 7.36. The fraction of sp³-hybridized carbons (Fsp3) is 0.650. The molecule has 0 bridgehead atoms. The highest BCUT2D eigenvalue weighted by atomic mass is 16.5. The van der Waals surface area contributed by atoms with Crippen LogP contribution in [0.1, 0.15) is 63.5 Å². The highest BCUT2D eigenvalue weighted by molar-refractivity contribution is 5.91. The first kappa shape index (κ1) is 19.7. The van der Waals surface area contributed by atoms with E-state index in [-0.39, 0.29) is 18.7 Å². The van der Waals surface area contributed by atoms with E-state index in [1.807, 2.05) is 4.90 Å². The standard InChI is InChI=1S/C20H32N2O3/c1-14(2)17-8-5-9-18(15(3)4)19(17)21-20(24)22-10-6-7-16(13-22)25-12-11-23/h5,8-9,14-16,23H,6-7,10-13H2,1-4H3,(H,21,24). The van der Waals surface area contributed by atoms with Gasteiger partial charge in [-0.05, 0) is 35.8 Å². The maximum absolute atomic E-state index is 12.8. The molecule has 2 rings (SSSR count). The van der Waals surface area contributed by atoms with E-state index in [0.717, 1.165) is 25.1 Å². The lowest BCUT2D eigenvalue weighted by atomic mass is 9.92. The first-order valence-corrected chi connectivity index (χ1v) is 9.35. The molecule has 2 N–H and O–H groups in total. The highest BCUT2D eigenvalue weighted by Crippen LogP contribution is 2.32. The van der Waals surface area contributed by atoms with Gasteiger partial charge in [-0.15, -0.1) is 0 Å². The van der Waals surface area contributed by atoms with Crippen LogP contribution in [0.3, 0.4) is 0 Å². The zero-order valence-corrected chi connectivity index (χ0v) is 15.9. The topological polar surface area (TPSA) is 61.8 Å². The van der Waals surface area contributed by atoms with E-state index in [1.54, 1.807) is 0 Å². The van der Waals surface area contributed by atoms with Gasteiger partial charge in [0.1, 0.15) is 0 Å². The molecule has 0 aromatic heterocycles. The van der Waals surface area contributed by atoms with E-state index in [0.29, 0.717) is 25.0 Å². The number of urea groups is 1. The molecule has 0 aliphatic carbocycles. The number of aliphatic hydroxyl groups is 1. The van der Waals surface area contributed by atoms with Crippen molar-refractivity contribution in [2.75, 3.05) is 31.6 Å². The van der Waals surface area contributed by atoms with E-state index in [1.165, 1.54) is 11.1 Å². The summed E-state index contributed by atoms with van der Waals surface area (Å²) in [5.41, 5.74) is 3.30.